The molecule has 0 unspecified atom stereocenters. The molecule has 1 heterocycles. The second-order valence-corrected chi connectivity index (χ2v) is 7.76. The molecule has 2 atom stereocenters. The van der Waals surface area contributed by atoms with Crippen molar-refractivity contribution in [1.82, 2.24) is 10.1 Å². The number of hydrogen-bond acceptors (Lipinski definition) is 4. The van der Waals surface area contributed by atoms with Gasteiger partial charge in [-0.1, -0.05) is 46.2 Å². The Labute approximate surface area is 122 Å². The van der Waals surface area contributed by atoms with Crippen molar-refractivity contribution in [2.75, 3.05) is 0 Å². The van der Waals surface area contributed by atoms with Crippen molar-refractivity contribution >= 4 is 0 Å². The Hall–Kier alpha value is -0.900. The zero-order valence-electron chi connectivity index (χ0n) is 13.4. The van der Waals surface area contributed by atoms with E-state index in [0.717, 1.165) is 19.3 Å². The average Bonchev–Trinajstić information content (AvgIpc) is 2.76. The molecule has 4 heteroatoms. The van der Waals surface area contributed by atoms with Crippen LogP contribution in [0, 0.1) is 11.8 Å². The quantitative estimate of drug-likeness (QED) is 0.920. The fourth-order valence-electron chi connectivity index (χ4n) is 3.03. The minimum Gasteiger partial charge on any atom is -0.389 e. The van der Waals surface area contributed by atoms with Crippen LogP contribution in [0.15, 0.2) is 4.52 Å². The third-order valence-electron chi connectivity index (χ3n) is 4.42. The van der Waals surface area contributed by atoms with Gasteiger partial charge in [-0.15, -0.1) is 0 Å². The van der Waals surface area contributed by atoms with E-state index in [9.17, 15) is 5.11 Å². The van der Waals surface area contributed by atoms with Crippen molar-refractivity contribution in [2.45, 2.75) is 77.7 Å². The van der Waals surface area contributed by atoms with Crippen molar-refractivity contribution < 1.29 is 9.63 Å². The van der Waals surface area contributed by atoms with Crippen LogP contribution in [0.5, 0.6) is 0 Å². The average molecular weight is 280 g/mol. The van der Waals surface area contributed by atoms with Crippen LogP contribution >= 0.6 is 0 Å². The van der Waals surface area contributed by atoms with Crippen LogP contribution in [0.3, 0.4) is 0 Å². The zero-order chi connectivity index (χ0) is 15.0. The Morgan fingerprint density at radius 2 is 2.10 bits per heavy atom. The van der Waals surface area contributed by atoms with Gasteiger partial charge >= 0.3 is 0 Å². The van der Waals surface area contributed by atoms with Crippen molar-refractivity contribution in [2.24, 2.45) is 11.8 Å². The molecule has 2 rings (SSSR count). The summed E-state index contributed by atoms with van der Waals surface area (Å²) in [5, 5.41) is 14.9. The maximum atomic E-state index is 10.8. The maximum Gasteiger partial charge on any atom is 0.229 e. The first-order valence-corrected chi connectivity index (χ1v) is 7.75. The van der Waals surface area contributed by atoms with Gasteiger partial charge in [0.05, 0.1) is 12.0 Å². The number of rotatable bonds is 3. The minimum atomic E-state index is -0.672. The fraction of sp³-hybridized carbons (Fsp3) is 0.875. The second kappa shape index (κ2) is 5.47. The van der Waals surface area contributed by atoms with Gasteiger partial charge in [-0.3, -0.25) is 0 Å². The Morgan fingerprint density at radius 3 is 2.65 bits per heavy atom. The topological polar surface area (TPSA) is 59.2 Å². The number of nitrogens with zero attached hydrogens (tertiary/aromatic N) is 2. The van der Waals surface area contributed by atoms with E-state index < -0.39 is 5.60 Å². The molecule has 1 aliphatic rings. The highest BCUT2D eigenvalue weighted by molar-refractivity contribution is 5.02. The molecule has 0 saturated heterocycles. The second-order valence-electron chi connectivity index (χ2n) is 7.76. The highest BCUT2D eigenvalue weighted by Gasteiger charge is 2.37. The van der Waals surface area contributed by atoms with E-state index in [-0.39, 0.29) is 5.41 Å². The molecule has 0 radical (unpaired) electrons. The molecule has 4 nitrogen and oxygen atoms in total. The lowest BCUT2D eigenvalue weighted by Crippen LogP contribution is -2.38. The Bertz CT molecular complexity index is 448. The van der Waals surface area contributed by atoms with Crippen molar-refractivity contribution in [1.29, 1.82) is 0 Å². The van der Waals surface area contributed by atoms with Gasteiger partial charge in [-0.2, -0.15) is 4.98 Å². The molecule has 1 saturated carbocycles. The van der Waals surface area contributed by atoms with E-state index in [1.807, 2.05) is 0 Å². The molecule has 1 N–H and O–H groups in total. The summed E-state index contributed by atoms with van der Waals surface area (Å²) < 4.78 is 5.33. The molecule has 114 valence electrons. The lowest BCUT2D eigenvalue weighted by Gasteiger charge is -2.37. The van der Waals surface area contributed by atoms with Gasteiger partial charge in [0.15, 0.2) is 5.82 Å². The minimum absolute atomic E-state index is 0.114. The third-order valence-corrected chi connectivity index (χ3v) is 4.42. The van der Waals surface area contributed by atoms with E-state index in [1.54, 1.807) is 0 Å². The molecule has 0 spiro atoms. The summed E-state index contributed by atoms with van der Waals surface area (Å²) in [6.07, 6.45) is 4.47. The smallest absolute Gasteiger partial charge is 0.229 e. The molecule has 0 aliphatic heterocycles. The van der Waals surface area contributed by atoms with E-state index in [0.29, 0.717) is 30.0 Å². The predicted molar refractivity (Wildman–Crippen MR) is 78.4 cm³/mol. The molecule has 1 aromatic rings. The van der Waals surface area contributed by atoms with Gasteiger partial charge in [0.2, 0.25) is 5.89 Å². The lowest BCUT2D eigenvalue weighted by atomic mass is 9.72. The van der Waals surface area contributed by atoms with E-state index >= 15 is 0 Å². The van der Waals surface area contributed by atoms with Gasteiger partial charge in [0, 0.05) is 5.41 Å². The number of aliphatic hydroxyl groups is 1. The van der Waals surface area contributed by atoms with Gasteiger partial charge < -0.3 is 9.63 Å². The van der Waals surface area contributed by atoms with Crippen molar-refractivity contribution in [3.05, 3.63) is 11.7 Å². The Kier molecular flexibility index (Phi) is 4.24. The van der Waals surface area contributed by atoms with Crippen LogP contribution < -0.4 is 0 Å². The lowest BCUT2D eigenvalue weighted by molar-refractivity contribution is -0.0291. The van der Waals surface area contributed by atoms with Crippen LogP contribution in [0.4, 0.5) is 0 Å². The molecule has 1 fully saturated rings. The van der Waals surface area contributed by atoms with E-state index in [2.05, 4.69) is 44.8 Å². The monoisotopic (exact) mass is 280 g/mol. The molecule has 0 bridgehead atoms. The predicted octanol–water partition coefficient (Wildman–Crippen LogP) is 3.49. The van der Waals surface area contributed by atoms with Crippen molar-refractivity contribution in [3.8, 4) is 0 Å². The molecular weight excluding hydrogens is 252 g/mol. The fourth-order valence-corrected chi connectivity index (χ4v) is 3.03. The van der Waals surface area contributed by atoms with Gasteiger partial charge in [0.1, 0.15) is 0 Å². The third kappa shape index (κ3) is 3.60. The van der Waals surface area contributed by atoms with E-state index in [1.165, 1.54) is 6.42 Å². The first-order valence-electron chi connectivity index (χ1n) is 7.75. The highest BCUT2D eigenvalue weighted by Crippen LogP contribution is 2.38. The Morgan fingerprint density at radius 1 is 1.40 bits per heavy atom. The first-order chi connectivity index (χ1) is 9.20. The van der Waals surface area contributed by atoms with Gasteiger partial charge in [-0.25, -0.2) is 0 Å². The van der Waals surface area contributed by atoms with Crippen LogP contribution in [0.1, 0.15) is 72.0 Å². The summed E-state index contributed by atoms with van der Waals surface area (Å²) >= 11 is 0. The summed E-state index contributed by atoms with van der Waals surface area (Å²) in [6.45, 7) is 10.7. The number of aromatic nitrogens is 2. The SMILES string of the molecule is CC(C)[C@@H]1CCC[C@@](O)(Cc2nc(C(C)(C)C)no2)C1. The molecule has 1 aromatic heterocycles. The normalized spacial score (nSPS) is 28.1. The molecule has 20 heavy (non-hydrogen) atoms. The molecule has 1 aliphatic carbocycles. The molecule has 0 amide bonds. The van der Waals surface area contributed by atoms with Crippen LogP contribution in [0.2, 0.25) is 0 Å². The summed E-state index contributed by atoms with van der Waals surface area (Å²) in [6, 6.07) is 0. The maximum absolute atomic E-state index is 10.8. The van der Waals surface area contributed by atoms with Gasteiger partial charge in [-0.05, 0) is 31.1 Å². The summed E-state index contributed by atoms with van der Waals surface area (Å²) in [7, 11) is 0. The highest BCUT2D eigenvalue weighted by atomic mass is 16.5. The van der Waals surface area contributed by atoms with Crippen LogP contribution in [0.25, 0.3) is 0 Å². The molecular formula is C16H28N2O2. The van der Waals surface area contributed by atoms with Crippen LogP contribution in [-0.4, -0.2) is 20.8 Å². The van der Waals surface area contributed by atoms with E-state index in [4.69, 9.17) is 4.52 Å². The summed E-state index contributed by atoms with van der Waals surface area (Å²) in [5.41, 5.74) is -0.785. The van der Waals surface area contributed by atoms with Crippen LogP contribution in [-0.2, 0) is 11.8 Å². The first kappa shape index (κ1) is 15.5. The Balaban J connectivity index is 2.06. The molecule has 0 aromatic carbocycles. The summed E-state index contributed by atoms with van der Waals surface area (Å²) in [4.78, 5) is 4.45. The largest absolute Gasteiger partial charge is 0.389 e. The van der Waals surface area contributed by atoms with Crippen molar-refractivity contribution in [3.63, 3.8) is 0 Å². The summed E-state index contributed by atoms with van der Waals surface area (Å²) in [5.74, 6) is 2.50. The standard InChI is InChI=1S/C16H28N2O2/c1-11(2)12-7-6-8-16(19,9-12)10-13-17-14(18-20-13)15(3,4)5/h11-12,19H,6-10H2,1-5H3/t12-,16+/m1/s1. The number of hydrogen-bond donors (Lipinski definition) is 1. The zero-order valence-corrected chi connectivity index (χ0v) is 13.4. The van der Waals surface area contributed by atoms with Gasteiger partial charge in [0.25, 0.3) is 0 Å².